The van der Waals surface area contributed by atoms with Crippen LogP contribution >= 0.6 is 0 Å². The SMILES string of the molecule is Cc1noc(C)c1C(C)N1CCCNC(C)C1. The Labute approximate surface area is 103 Å². The molecule has 1 aliphatic rings. The summed E-state index contributed by atoms with van der Waals surface area (Å²) in [5.41, 5.74) is 2.29. The fourth-order valence-electron chi connectivity index (χ4n) is 2.76. The Morgan fingerprint density at radius 3 is 2.88 bits per heavy atom. The van der Waals surface area contributed by atoms with Crippen molar-refractivity contribution in [2.24, 2.45) is 0 Å². The maximum atomic E-state index is 5.27. The van der Waals surface area contributed by atoms with Gasteiger partial charge in [-0.25, -0.2) is 0 Å². The molecule has 0 aliphatic carbocycles. The third kappa shape index (κ3) is 2.69. The van der Waals surface area contributed by atoms with E-state index in [0.717, 1.165) is 31.1 Å². The predicted octanol–water partition coefficient (Wildman–Crippen LogP) is 2.04. The van der Waals surface area contributed by atoms with E-state index >= 15 is 0 Å². The number of nitrogens with one attached hydrogen (secondary N) is 1. The third-order valence-corrected chi connectivity index (χ3v) is 3.68. The summed E-state index contributed by atoms with van der Waals surface area (Å²) in [6.45, 7) is 11.9. The molecule has 0 radical (unpaired) electrons. The Morgan fingerprint density at radius 1 is 1.47 bits per heavy atom. The van der Waals surface area contributed by atoms with Gasteiger partial charge >= 0.3 is 0 Å². The number of rotatable bonds is 2. The van der Waals surface area contributed by atoms with Crippen molar-refractivity contribution in [3.05, 3.63) is 17.0 Å². The van der Waals surface area contributed by atoms with Gasteiger partial charge in [0.2, 0.25) is 0 Å². The van der Waals surface area contributed by atoms with Crippen LogP contribution in [0.5, 0.6) is 0 Å². The maximum Gasteiger partial charge on any atom is 0.138 e. The first kappa shape index (κ1) is 12.6. The number of aromatic nitrogens is 1. The van der Waals surface area contributed by atoms with Gasteiger partial charge in [-0.3, -0.25) is 4.90 Å². The summed E-state index contributed by atoms with van der Waals surface area (Å²) in [5, 5.41) is 7.58. The second-order valence-electron chi connectivity index (χ2n) is 5.12. The topological polar surface area (TPSA) is 41.3 Å². The van der Waals surface area contributed by atoms with Gasteiger partial charge in [0.25, 0.3) is 0 Å². The van der Waals surface area contributed by atoms with Gasteiger partial charge in [-0.05, 0) is 40.7 Å². The first-order chi connectivity index (χ1) is 8.09. The van der Waals surface area contributed by atoms with E-state index in [-0.39, 0.29) is 0 Å². The molecule has 17 heavy (non-hydrogen) atoms. The summed E-state index contributed by atoms with van der Waals surface area (Å²) in [6.07, 6.45) is 1.21. The molecule has 0 saturated carbocycles. The first-order valence-electron chi connectivity index (χ1n) is 6.49. The highest BCUT2D eigenvalue weighted by Gasteiger charge is 2.24. The molecule has 1 aromatic heterocycles. The van der Waals surface area contributed by atoms with E-state index in [1.165, 1.54) is 12.0 Å². The van der Waals surface area contributed by atoms with Crippen molar-refractivity contribution in [3.63, 3.8) is 0 Å². The average molecular weight is 237 g/mol. The van der Waals surface area contributed by atoms with E-state index < -0.39 is 0 Å². The second-order valence-corrected chi connectivity index (χ2v) is 5.12. The smallest absolute Gasteiger partial charge is 0.138 e. The maximum absolute atomic E-state index is 5.27. The molecule has 1 aliphatic heterocycles. The van der Waals surface area contributed by atoms with Gasteiger partial charge in [0, 0.05) is 30.7 Å². The predicted molar refractivity (Wildman–Crippen MR) is 68.0 cm³/mol. The van der Waals surface area contributed by atoms with Gasteiger partial charge in [-0.15, -0.1) is 0 Å². The van der Waals surface area contributed by atoms with Gasteiger partial charge in [0.05, 0.1) is 5.69 Å². The molecule has 0 amide bonds. The molecule has 4 nitrogen and oxygen atoms in total. The highest BCUT2D eigenvalue weighted by molar-refractivity contribution is 5.24. The minimum absolute atomic E-state index is 0.392. The lowest BCUT2D eigenvalue weighted by molar-refractivity contribution is 0.208. The van der Waals surface area contributed by atoms with E-state index in [1.807, 2.05) is 13.8 Å². The van der Waals surface area contributed by atoms with Crippen LogP contribution < -0.4 is 5.32 Å². The van der Waals surface area contributed by atoms with Crippen molar-refractivity contribution in [2.45, 2.75) is 46.2 Å². The Hall–Kier alpha value is -0.870. The van der Waals surface area contributed by atoms with Crippen LogP contribution in [0.4, 0.5) is 0 Å². The molecule has 2 rings (SSSR count). The van der Waals surface area contributed by atoms with E-state index in [4.69, 9.17) is 4.52 Å². The molecule has 2 heterocycles. The lowest BCUT2D eigenvalue weighted by Gasteiger charge is -2.29. The lowest BCUT2D eigenvalue weighted by atomic mass is 10.0. The first-order valence-corrected chi connectivity index (χ1v) is 6.49. The quantitative estimate of drug-likeness (QED) is 0.854. The lowest BCUT2D eigenvalue weighted by Crippen LogP contribution is -2.36. The van der Waals surface area contributed by atoms with Gasteiger partial charge < -0.3 is 9.84 Å². The summed E-state index contributed by atoms with van der Waals surface area (Å²) in [5.74, 6) is 0.958. The zero-order chi connectivity index (χ0) is 12.4. The summed E-state index contributed by atoms with van der Waals surface area (Å²) in [7, 11) is 0. The minimum atomic E-state index is 0.392. The average Bonchev–Trinajstić information content (AvgIpc) is 2.51. The summed E-state index contributed by atoms with van der Waals surface area (Å²) in [4.78, 5) is 2.52. The number of hydrogen-bond donors (Lipinski definition) is 1. The van der Waals surface area contributed by atoms with Crippen LogP contribution in [0.3, 0.4) is 0 Å². The van der Waals surface area contributed by atoms with Crippen LogP contribution in [0.1, 0.15) is 43.3 Å². The molecule has 1 saturated heterocycles. The molecule has 1 N–H and O–H groups in total. The van der Waals surface area contributed by atoms with Crippen LogP contribution in [0.25, 0.3) is 0 Å². The molecule has 4 heteroatoms. The molecule has 1 fully saturated rings. The summed E-state index contributed by atoms with van der Waals surface area (Å²) in [6, 6.07) is 0.948. The molecule has 0 aromatic carbocycles. The van der Waals surface area contributed by atoms with E-state index in [9.17, 15) is 0 Å². The molecule has 2 atom stereocenters. The molecular weight excluding hydrogens is 214 g/mol. The second kappa shape index (κ2) is 5.19. The monoisotopic (exact) mass is 237 g/mol. The zero-order valence-electron chi connectivity index (χ0n) is 11.3. The van der Waals surface area contributed by atoms with Crippen molar-refractivity contribution in [3.8, 4) is 0 Å². The molecule has 2 unspecified atom stereocenters. The normalized spacial score (nSPS) is 24.6. The highest BCUT2D eigenvalue weighted by Crippen LogP contribution is 2.27. The van der Waals surface area contributed by atoms with Crippen molar-refractivity contribution in [2.75, 3.05) is 19.6 Å². The fourth-order valence-corrected chi connectivity index (χ4v) is 2.76. The fraction of sp³-hybridized carbons (Fsp3) is 0.769. The van der Waals surface area contributed by atoms with Gasteiger partial charge in [-0.2, -0.15) is 0 Å². The Bertz CT molecular complexity index is 355. The number of aryl methyl sites for hydroxylation is 2. The van der Waals surface area contributed by atoms with E-state index in [0.29, 0.717) is 12.1 Å². The Balaban J connectivity index is 2.15. The van der Waals surface area contributed by atoms with Crippen molar-refractivity contribution < 1.29 is 4.52 Å². The Kier molecular flexibility index (Phi) is 3.84. The summed E-state index contributed by atoms with van der Waals surface area (Å²) >= 11 is 0. The standard InChI is InChI=1S/C13H23N3O/c1-9-8-16(7-5-6-14-9)11(3)13-10(2)15-17-12(13)4/h9,11,14H,5-8H2,1-4H3. The van der Waals surface area contributed by atoms with Gasteiger partial charge in [0.15, 0.2) is 0 Å². The van der Waals surface area contributed by atoms with Gasteiger partial charge in [0.1, 0.15) is 5.76 Å². The minimum Gasteiger partial charge on any atom is -0.361 e. The zero-order valence-corrected chi connectivity index (χ0v) is 11.3. The van der Waals surface area contributed by atoms with Crippen LogP contribution in [0.2, 0.25) is 0 Å². The Morgan fingerprint density at radius 2 is 2.24 bits per heavy atom. The third-order valence-electron chi connectivity index (χ3n) is 3.68. The molecular formula is C13H23N3O. The molecule has 1 aromatic rings. The largest absolute Gasteiger partial charge is 0.361 e. The van der Waals surface area contributed by atoms with Crippen molar-refractivity contribution >= 4 is 0 Å². The van der Waals surface area contributed by atoms with Crippen LogP contribution in [0, 0.1) is 13.8 Å². The van der Waals surface area contributed by atoms with E-state index in [1.54, 1.807) is 0 Å². The molecule has 0 bridgehead atoms. The van der Waals surface area contributed by atoms with Crippen LogP contribution in [0.15, 0.2) is 4.52 Å². The number of hydrogen-bond acceptors (Lipinski definition) is 4. The molecule has 96 valence electrons. The summed E-state index contributed by atoms with van der Waals surface area (Å²) < 4.78 is 5.27. The van der Waals surface area contributed by atoms with E-state index in [2.05, 4.69) is 29.2 Å². The van der Waals surface area contributed by atoms with Gasteiger partial charge in [-0.1, -0.05) is 5.16 Å². The van der Waals surface area contributed by atoms with Crippen molar-refractivity contribution in [1.29, 1.82) is 0 Å². The van der Waals surface area contributed by atoms with Crippen LogP contribution in [-0.4, -0.2) is 35.7 Å². The molecule has 0 spiro atoms. The van der Waals surface area contributed by atoms with Crippen LogP contribution in [-0.2, 0) is 0 Å². The number of nitrogens with zero attached hydrogens (tertiary/aromatic N) is 2. The highest BCUT2D eigenvalue weighted by atomic mass is 16.5. The van der Waals surface area contributed by atoms with Crippen molar-refractivity contribution in [1.82, 2.24) is 15.4 Å².